The summed E-state index contributed by atoms with van der Waals surface area (Å²) < 4.78 is 5.24. The number of carbonyl (C=O) groups is 2. The van der Waals surface area contributed by atoms with Gasteiger partial charge < -0.3 is 15.4 Å². The van der Waals surface area contributed by atoms with E-state index in [2.05, 4.69) is 15.6 Å². The second kappa shape index (κ2) is 9.84. The van der Waals surface area contributed by atoms with Gasteiger partial charge in [-0.05, 0) is 23.6 Å². The number of amides is 2. The number of hydrogen-bond acceptors (Lipinski definition) is 5. The molecule has 0 fully saturated rings. The van der Waals surface area contributed by atoms with Crippen LogP contribution in [0, 0.1) is 5.92 Å². The van der Waals surface area contributed by atoms with Gasteiger partial charge in [0.2, 0.25) is 5.91 Å². The van der Waals surface area contributed by atoms with Crippen LogP contribution >= 0.6 is 11.3 Å². The minimum absolute atomic E-state index is 0.110. The molecule has 3 aromatic rings. The number of benzene rings is 2. The maximum Gasteiger partial charge on any atom is 0.408 e. The van der Waals surface area contributed by atoms with Gasteiger partial charge in [0.15, 0.2) is 0 Å². The standard InChI is InChI=1S/C22H23N3O3S/c1-15(2)19(25-22(27)28-14-16-7-4-3-5-8-16)20(26)24-18-10-6-9-17(13-18)21-23-11-12-29-21/h3-13,15,19H,14H2,1-2H3,(H,24,26)(H,25,27)/t19-/m0/s1. The first-order valence-electron chi connectivity index (χ1n) is 9.31. The fourth-order valence-corrected chi connectivity index (χ4v) is 3.38. The summed E-state index contributed by atoms with van der Waals surface area (Å²) in [5, 5.41) is 8.32. The number of anilines is 1. The summed E-state index contributed by atoms with van der Waals surface area (Å²) in [6.45, 7) is 3.89. The van der Waals surface area contributed by atoms with Crippen molar-refractivity contribution in [3.8, 4) is 10.6 Å². The third-order valence-electron chi connectivity index (χ3n) is 4.24. The van der Waals surface area contributed by atoms with Crippen LogP contribution in [0.2, 0.25) is 0 Å². The van der Waals surface area contributed by atoms with Crippen LogP contribution in [0.15, 0.2) is 66.2 Å². The molecule has 1 aromatic heterocycles. The molecule has 0 unspecified atom stereocenters. The van der Waals surface area contributed by atoms with Crippen molar-refractivity contribution in [2.75, 3.05) is 5.32 Å². The van der Waals surface area contributed by atoms with Crippen molar-refractivity contribution in [2.45, 2.75) is 26.5 Å². The van der Waals surface area contributed by atoms with Crippen LogP contribution in [0.3, 0.4) is 0 Å². The number of nitrogens with one attached hydrogen (secondary N) is 2. The van der Waals surface area contributed by atoms with Crippen LogP contribution in [0.5, 0.6) is 0 Å². The number of rotatable bonds is 7. The normalized spacial score (nSPS) is 11.7. The Labute approximate surface area is 173 Å². The van der Waals surface area contributed by atoms with E-state index in [0.717, 1.165) is 16.1 Å². The Hall–Kier alpha value is -3.19. The fraction of sp³-hybridized carbons (Fsp3) is 0.227. The molecular formula is C22H23N3O3S. The summed E-state index contributed by atoms with van der Waals surface area (Å²) in [5.74, 6) is -0.408. The van der Waals surface area contributed by atoms with E-state index in [0.29, 0.717) is 5.69 Å². The molecule has 0 bridgehead atoms. The zero-order valence-corrected chi connectivity index (χ0v) is 17.1. The van der Waals surface area contributed by atoms with Gasteiger partial charge in [-0.15, -0.1) is 11.3 Å². The molecule has 1 heterocycles. The lowest BCUT2D eigenvalue weighted by molar-refractivity contribution is -0.119. The van der Waals surface area contributed by atoms with Crippen LogP contribution in [0.4, 0.5) is 10.5 Å². The Morgan fingerprint density at radius 3 is 2.59 bits per heavy atom. The van der Waals surface area contributed by atoms with E-state index in [1.807, 2.05) is 67.8 Å². The zero-order chi connectivity index (χ0) is 20.6. The van der Waals surface area contributed by atoms with Gasteiger partial charge in [-0.25, -0.2) is 9.78 Å². The molecule has 2 N–H and O–H groups in total. The van der Waals surface area contributed by atoms with E-state index >= 15 is 0 Å². The van der Waals surface area contributed by atoms with Crippen molar-refractivity contribution in [1.29, 1.82) is 0 Å². The molecule has 0 spiro atoms. The SMILES string of the molecule is CC(C)[C@H](NC(=O)OCc1ccccc1)C(=O)Nc1cccc(-c2nccs2)c1. The molecule has 150 valence electrons. The molecular weight excluding hydrogens is 386 g/mol. The quantitative estimate of drug-likeness (QED) is 0.593. The molecule has 3 rings (SSSR count). The van der Waals surface area contributed by atoms with Crippen molar-refractivity contribution in [1.82, 2.24) is 10.3 Å². The average Bonchev–Trinajstić information content (AvgIpc) is 3.26. The van der Waals surface area contributed by atoms with E-state index in [9.17, 15) is 9.59 Å². The third-order valence-corrected chi connectivity index (χ3v) is 5.07. The molecule has 6 nitrogen and oxygen atoms in total. The second-order valence-corrected chi connectivity index (χ2v) is 7.73. The van der Waals surface area contributed by atoms with Gasteiger partial charge in [-0.2, -0.15) is 0 Å². The van der Waals surface area contributed by atoms with E-state index in [-0.39, 0.29) is 18.4 Å². The number of aromatic nitrogens is 1. The summed E-state index contributed by atoms with van der Waals surface area (Å²) in [7, 11) is 0. The van der Waals surface area contributed by atoms with Gasteiger partial charge in [-0.3, -0.25) is 4.79 Å². The molecule has 2 amide bonds. The van der Waals surface area contributed by atoms with E-state index in [4.69, 9.17) is 4.74 Å². The molecule has 0 saturated carbocycles. The lowest BCUT2D eigenvalue weighted by Gasteiger charge is -2.21. The van der Waals surface area contributed by atoms with Crippen LogP contribution in [0.1, 0.15) is 19.4 Å². The number of nitrogens with zero attached hydrogens (tertiary/aromatic N) is 1. The molecule has 7 heteroatoms. The molecule has 0 saturated heterocycles. The Bertz CT molecular complexity index is 943. The van der Waals surface area contributed by atoms with Gasteiger partial charge in [-0.1, -0.05) is 56.3 Å². The number of thiazole rings is 1. The maximum atomic E-state index is 12.8. The van der Waals surface area contributed by atoms with Crippen LogP contribution in [-0.4, -0.2) is 23.0 Å². The number of alkyl carbamates (subject to hydrolysis) is 1. The third kappa shape index (κ3) is 5.89. The highest BCUT2D eigenvalue weighted by atomic mass is 32.1. The minimum atomic E-state index is -0.721. The predicted molar refractivity (Wildman–Crippen MR) is 115 cm³/mol. The molecule has 0 aliphatic rings. The Morgan fingerprint density at radius 1 is 1.10 bits per heavy atom. The smallest absolute Gasteiger partial charge is 0.408 e. The summed E-state index contributed by atoms with van der Waals surface area (Å²) in [4.78, 5) is 29.2. The van der Waals surface area contributed by atoms with Crippen molar-refractivity contribution in [2.24, 2.45) is 5.92 Å². The second-order valence-electron chi connectivity index (χ2n) is 6.84. The molecule has 2 aromatic carbocycles. The van der Waals surface area contributed by atoms with Crippen molar-refractivity contribution >= 4 is 29.0 Å². The summed E-state index contributed by atoms with van der Waals surface area (Å²) in [6, 6.07) is 16.1. The summed E-state index contributed by atoms with van der Waals surface area (Å²) in [6.07, 6.45) is 1.12. The van der Waals surface area contributed by atoms with Crippen LogP contribution < -0.4 is 10.6 Å². The van der Waals surface area contributed by atoms with Gasteiger partial charge >= 0.3 is 6.09 Å². The van der Waals surface area contributed by atoms with Crippen LogP contribution in [0.25, 0.3) is 10.6 Å². The predicted octanol–water partition coefficient (Wildman–Crippen LogP) is 4.70. The highest BCUT2D eigenvalue weighted by Gasteiger charge is 2.25. The average molecular weight is 410 g/mol. The van der Waals surface area contributed by atoms with E-state index < -0.39 is 12.1 Å². The Balaban J connectivity index is 1.61. The molecule has 0 radical (unpaired) electrons. The number of carbonyl (C=O) groups excluding carboxylic acids is 2. The van der Waals surface area contributed by atoms with Gasteiger partial charge in [0.25, 0.3) is 0 Å². The Kier molecular flexibility index (Phi) is 6.97. The van der Waals surface area contributed by atoms with E-state index in [1.54, 1.807) is 12.3 Å². The zero-order valence-electron chi connectivity index (χ0n) is 16.3. The highest BCUT2D eigenvalue weighted by Crippen LogP contribution is 2.24. The van der Waals surface area contributed by atoms with Gasteiger partial charge in [0.05, 0.1) is 0 Å². The van der Waals surface area contributed by atoms with Crippen molar-refractivity contribution in [3.63, 3.8) is 0 Å². The minimum Gasteiger partial charge on any atom is -0.445 e. The molecule has 0 aliphatic heterocycles. The molecule has 0 aliphatic carbocycles. The lowest BCUT2D eigenvalue weighted by Crippen LogP contribution is -2.47. The largest absolute Gasteiger partial charge is 0.445 e. The molecule has 1 atom stereocenters. The van der Waals surface area contributed by atoms with Crippen molar-refractivity contribution < 1.29 is 14.3 Å². The highest BCUT2D eigenvalue weighted by molar-refractivity contribution is 7.13. The Morgan fingerprint density at radius 2 is 1.90 bits per heavy atom. The van der Waals surface area contributed by atoms with E-state index in [1.165, 1.54) is 11.3 Å². The van der Waals surface area contributed by atoms with Gasteiger partial charge in [0, 0.05) is 22.8 Å². The van der Waals surface area contributed by atoms with Crippen LogP contribution in [-0.2, 0) is 16.1 Å². The lowest BCUT2D eigenvalue weighted by atomic mass is 10.0. The van der Waals surface area contributed by atoms with Gasteiger partial charge in [0.1, 0.15) is 17.7 Å². The fourth-order valence-electron chi connectivity index (χ4n) is 2.74. The number of hydrogen-bond donors (Lipinski definition) is 2. The summed E-state index contributed by atoms with van der Waals surface area (Å²) >= 11 is 1.53. The van der Waals surface area contributed by atoms with Crippen molar-refractivity contribution in [3.05, 3.63) is 71.7 Å². The maximum absolute atomic E-state index is 12.8. The monoisotopic (exact) mass is 409 g/mol. The topological polar surface area (TPSA) is 80.3 Å². The first-order valence-corrected chi connectivity index (χ1v) is 10.2. The first kappa shape index (κ1) is 20.5. The summed E-state index contributed by atoms with van der Waals surface area (Å²) in [5.41, 5.74) is 2.45. The molecule has 29 heavy (non-hydrogen) atoms. The first-order chi connectivity index (χ1) is 14.0. The number of ether oxygens (including phenoxy) is 1.